The van der Waals surface area contributed by atoms with Gasteiger partial charge >= 0.3 is 6.18 Å². The molecule has 0 aliphatic carbocycles. The van der Waals surface area contributed by atoms with Gasteiger partial charge in [0, 0.05) is 18.2 Å². The normalized spacial score (nSPS) is 11.2. The van der Waals surface area contributed by atoms with Crippen LogP contribution in [0.15, 0.2) is 47.4 Å². The molecule has 10 heteroatoms. The zero-order chi connectivity index (χ0) is 19.3. The van der Waals surface area contributed by atoms with Crippen molar-refractivity contribution >= 4 is 23.4 Å². The second-order valence-corrected chi connectivity index (χ2v) is 6.11. The summed E-state index contributed by atoms with van der Waals surface area (Å²) in [5.74, 6) is -1.29. The summed E-state index contributed by atoms with van der Waals surface area (Å²) in [6, 6.07) is 7.93. The number of halogens is 4. The molecule has 5 nitrogen and oxygen atoms in total. The molecule has 0 radical (unpaired) electrons. The molecule has 1 N–H and O–H groups in total. The van der Waals surface area contributed by atoms with Crippen LogP contribution in [0.25, 0.3) is 0 Å². The maximum atomic E-state index is 13.4. The van der Waals surface area contributed by atoms with E-state index in [0.717, 1.165) is 17.8 Å². The third-order valence-electron chi connectivity index (χ3n) is 3.28. The number of hydrogen-bond acceptors (Lipinski definition) is 4. The minimum absolute atomic E-state index is 0.0657. The Kier molecular flexibility index (Phi) is 6.19. The van der Waals surface area contributed by atoms with Gasteiger partial charge in [-0.05, 0) is 18.2 Å². The number of nitrogens with zero attached hydrogens (tertiary/aromatic N) is 1. The number of hydrogen-bond donors (Lipinski definition) is 1. The predicted molar refractivity (Wildman–Crippen MR) is 87.1 cm³/mol. The van der Waals surface area contributed by atoms with E-state index < -0.39 is 34.1 Å². The molecule has 2 rings (SSSR count). The maximum absolute atomic E-state index is 13.4. The van der Waals surface area contributed by atoms with Crippen LogP contribution in [-0.4, -0.2) is 16.6 Å². The Bertz CT molecular complexity index is 827. The van der Waals surface area contributed by atoms with E-state index >= 15 is 0 Å². The van der Waals surface area contributed by atoms with Crippen LogP contribution in [0.2, 0.25) is 0 Å². The molecule has 0 heterocycles. The first-order valence-corrected chi connectivity index (χ1v) is 8.15. The number of nitro groups is 1. The lowest BCUT2D eigenvalue weighted by molar-refractivity contribution is -0.388. The molecule has 0 spiro atoms. The van der Waals surface area contributed by atoms with Crippen LogP contribution in [0.4, 0.5) is 23.2 Å². The van der Waals surface area contributed by atoms with Crippen molar-refractivity contribution in [2.24, 2.45) is 0 Å². The van der Waals surface area contributed by atoms with Gasteiger partial charge in [0.2, 0.25) is 5.91 Å². The third kappa shape index (κ3) is 5.19. The Hall–Kier alpha value is -2.62. The highest BCUT2D eigenvalue weighted by molar-refractivity contribution is 8.00. The van der Waals surface area contributed by atoms with Crippen molar-refractivity contribution in [1.29, 1.82) is 0 Å². The zero-order valence-electron chi connectivity index (χ0n) is 13.0. The van der Waals surface area contributed by atoms with Crippen LogP contribution in [0.1, 0.15) is 11.1 Å². The monoisotopic (exact) mass is 388 g/mol. The standard InChI is InChI=1S/C16H12F4N2O3S/c17-12-4-2-1-3-10(12)8-21-15(23)9-26-14-6-5-11(16(18,19)20)7-13(14)22(24)25/h1-7H,8-9H2,(H,21,23). The highest BCUT2D eigenvalue weighted by Crippen LogP contribution is 2.36. The summed E-state index contributed by atoms with van der Waals surface area (Å²) in [6.45, 7) is -0.0683. The first-order chi connectivity index (χ1) is 12.2. The summed E-state index contributed by atoms with van der Waals surface area (Å²) in [7, 11) is 0. The highest BCUT2D eigenvalue weighted by Gasteiger charge is 2.33. The molecular weight excluding hydrogens is 376 g/mol. The second-order valence-electron chi connectivity index (χ2n) is 5.09. The first-order valence-electron chi connectivity index (χ1n) is 7.17. The van der Waals surface area contributed by atoms with Gasteiger partial charge < -0.3 is 5.32 Å². The van der Waals surface area contributed by atoms with Crippen molar-refractivity contribution < 1.29 is 27.3 Å². The Labute approximate surface area is 149 Å². The van der Waals surface area contributed by atoms with E-state index in [4.69, 9.17) is 0 Å². The molecule has 138 valence electrons. The van der Waals surface area contributed by atoms with E-state index in [2.05, 4.69) is 5.32 Å². The van der Waals surface area contributed by atoms with Crippen molar-refractivity contribution in [1.82, 2.24) is 5.32 Å². The van der Waals surface area contributed by atoms with Crippen molar-refractivity contribution in [2.45, 2.75) is 17.6 Å². The van der Waals surface area contributed by atoms with Gasteiger partial charge in [0.15, 0.2) is 0 Å². The minimum atomic E-state index is -4.70. The lowest BCUT2D eigenvalue weighted by Gasteiger charge is -2.09. The molecular formula is C16H12F4N2O3S. The van der Waals surface area contributed by atoms with E-state index in [0.29, 0.717) is 12.1 Å². The van der Waals surface area contributed by atoms with Crippen LogP contribution in [0.3, 0.4) is 0 Å². The van der Waals surface area contributed by atoms with Crippen LogP contribution in [0, 0.1) is 15.9 Å². The van der Waals surface area contributed by atoms with Gasteiger partial charge in [0.05, 0.1) is 21.1 Å². The molecule has 0 aromatic heterocycles. The summed E-state index contributed by atoms with van der Waals surface area (Å²) < 4.78 is 51.4. The number of carbonyl (C=O) groups is 1. The Morgan fingerprint density at radius 1 is 1.19 bits per heavy atom. The fourth-order valence-corrected chi connectivity index (χ4v) is 2.82. The number of benzene rings is 2. The molecule has 0 bridgehead atoms. The zero-order valence-corrected chi connectivity index (χ0v) is 13.9. The molecule has 26 heavy (non-hydrogen) atoms. The Balaban J connectivity index is 2.01. The van der Waals surface area contributed by atoms with E-state index in [1.807, 2.05) is 0 Å². The van der Waals surface area contributed by atoms with Crippen LogP contribution in [0.5, 0.6) is 0 Å². The molecule has 0 aliphatic heterocycles. The van der Waals surface area contributed by atoms with E-state index in [1.165, 1.54) is 18.2 Å². The van der Waals surface area contributed by atoms with Crippen molar-refractivity contribution in [3.8, 4) is 0 Å². The second kappa shape index (κ2) is 8.17. The summed E-state index contributed by atoms with van der Waals surface area (Å²) in [5.41, 5.74) is -1.60. The average Bonchev–Trinajstić information content (AvgIpc) is 2.58. The third-order valence-corrected chi connectivity index (χ3v) is 4.34. The molecule has 2 aromatic carbocycles. The van der Waals surface area contributed by atoms with Gasteiger partial charge in [0.1, 0.15) is 5.82 Å². The number of alkyl halides is 3. The lowest BCUT2D eigenvalue weighted by Crippen LogP contribution is -2.25. The molecule has 0 aliphatic rings. The molecule has 0 unspecified atom stereocenters. The number of amides is 1. The van der Waals surface area contributed by atoms with Gasteiger partial charge in [-0.25, -0.2) is 4.39 Å². The highest BCUT2D eigenvalue weighted by atomic mass is 32.2. The van der Waals surface area contributed by atoms with Gasteiger partial charge in [-0.15, -0.1) is 11.8 Å². The molecule has 0 saturated heterocycles. The number of nitrogens with one attached hydrogen (secondary N) is 1. The fraction of sp³-hybridized carbons (Fsp3) is 0.188. The largest absolute Gasteiger partial charge is 0.416 e. The van der Waals surface area contributed by atoms with Crippen molar-refractivity contribution in [2.75, 3.05) is 5.75 Å². The summed E-state index contributed by atoms with van der Waals surface area (Å²) >= 11 is 0.727. The van der Waals surface area contributed by atoms with Crippen molar-refractivity contribution in [3.05, 3.63) is 69.5 Å². The van der Waals surface area contributed by atoms with Gasteiger partial charge in [0.25, 0.3) is 5.69 Å². The number of rotatable bonds is 6. The van der Waals surface area contributed by atoms with Crippen LogP contribution in [-0.2, 0) is 17.5 Å². The molecule has 2 aromatic rings. The maximum Gasteiger partial charge on any atom is 0.416 e. The quantitative estimate of drug-likeness (QED) is 0.349. The number of nitro benzene ring substituents is 1. The SMILES string of the molecule is O=C(CSc1ccc(C(F)(F)F)cc1[N+](=O)[O-])NCc1ccccc1F. The fourth-order valence-electron chi connectivity index (χ4n) is 1.99. The average molecular weight is 388 g/mol. The van der Waals surface area contributed by atoms with E-state index in [-0.39, 0.29) is 22.8 Å². The minimum Gasteiger partial charge on any atom is -0.351 e. The summed E-state index contributed by atoms with van der Waals surface area (Å²) in [4.78, 5) is 21.8. The topological polar surface area (TPSA) is 72.2 Å². The van der Waals surface area contributed by atoms with Crippen molar-refractivity contribution in [3.63, 3.8) is 0 Å². The van der Waals surface area contributed by atoms with E-state index in [1.54, 1.807) is 6.07 Å². The smallest absolute Gasteiger partial charge is 0.351 e. The number of carbonyl (C=O) groups excluding carboxylic acids is 1. The predicted octanol–water partition coefficient (Wildman–Crippen LogP) is 4.16. The molecule has 1 amide bonds. The van der Waals surface area contributed by atoms with Gasteiger partial charge in [-0.2, -0.15) is 13.2 Å². The lowest BCUT2D eigenvalue weighted by atomic mass is 10.2. The Morgan fingerprint density at radius 3 is 2.50 bits per heavy atom. The number of thioether (sulfide) groups is 1. The Morgan fingerprint density at radius 2 is 1.88 bits per heavy atom. The van der Waals surface area contributed by atoms with Gasteiger partial charge in [-0.3, -0.25) is 14.9 Å². The van der Waals surface area contributed by atoms with E-state index in [9.17, 15) is 32.5 Å². The summed E-state index contributed by atoms with van der Waals surface area (Å²) in [6.07, 6.45) is -4.70. The van der Waals surface area contributed by atoms with Crippen LogP contribution >= 0.6 is 11.8 Å². The van der Waals surface area contributed by atoms with Gasteiger partial charge in [-0.1, -0.05) is 18.2 Å². The molecule has 0 fully saturated rings. The molecule has 0 atom stereocenters. The first kappa shape index (κ1) is 19.7. The molecule has 0 saturated carbocycles. The summed E-state index contributed by atoms with van der Waals surface area (Å²) in [5, 5.41) is 13.4. The van der Waals surface area contributed by atoms with Crippen LogP contribution < -0.4 is 5.32 Å².